The van der Waals surface area contributed by atoms with Crippen molar-refractivity contribution in [2.75, 3.05) is 13.1 Å². The van der Waals surface area contributed by atoms with Gasteiger partial charge < -0.3 is 5.73 Å². The molecule has 0 atom stereocenters. The SMILES string of the molecule is N#CC1(N)CCN(S)CC1. The molecule has 0 unspecified atom stereocenters. The van der Waals surface area contributed by atoms with Gasteiger partial charge in [0.1, 0.15) is 5.54 Å². The number of rotatable bonds is 0. The Balaban J connectivity index is 2.48. The Morgan fingerprint density at radius 2 is 2.00 bits per heavy atom. The molecule has 56 valence electrons. The Morgan fingerprint density at radius 3 is 2.40 bits per heavy atom. The van der Waals surface area contributed by atoms with E-state index in [2.05, 4.69) is 18.9 Å². The van der Waals surface area contributed by atoms with Crippen LogP contribution in [-0.4, -0.2) is 22.9 Å². The first-order chi connectivity index (χ1) is 4.66. The summed E-state index contributed by atoms with van der Waals surface area (Å²) in [6.45, 7) is 1.63. The van der Waals surface area contributed by atoms with Gasteiger partial charge in [-0.05, 0) is 12.8 Å². The zero-order valence-electron chi connectivity index (χ0n) is 5.75. The van der Waals surface area contributed by atoms with Crippen LogP contribution >= 0.6 is 12.8 Å². The molecule has 1 saturated heterocycles. The molecular weight excluding hydrogens is 146 g/mol. The average molecular weight is 157 g/mol. The van der Waals surface area contributed by atoms with Crippen LogP contribution in [0.1, 0.15) is 12.8 Å². The van der Waals surface area contributed by atoms with E-state index in [-0.39, 0.29) is 0 Å². The van der Waals surface area contributed by atoms with E-state index >= 15 is 0 Å². The first-order valence-corrected chi connectivity index (χ1v) is 3.70. The molecule has 0 aromatic carbocycles. The molecule has 0 aromatic rings. The summed E-state index contributed by atoms with van der Waals surface area (Å²) in [6, 6.07) is 2.12. The van der Waals surface area contributed by atoms with Gasteiger partial charge in [-0.15, -0.1) is 0 Å². The lowest BCUT2D eigenvalue weighted by Gasteiger charge is -2.31. The molecule has 0 aliphatic carbocycles. The van der Waals surface area contributed by atoms with Crippen LogP contribution in [0.5, 0.6) is 0 Å². The number of nitriles is 1. The first-order valence-electron chi connectivity index (χ1n) is 3.30. The fourth-order valence-electron chi connectivity index (χ4n) is 1.01. The van der Waals surface area contributed by atoms with Gasteiger partial charge >= 0.3 is 0 Å². The summed E-state index contributed by atoms with van der Waals surface area (Å²) < 4.78 is 1.89. The summed E-state index contributed by atoms with van der Waals surface area (Å²) in [5.74, 6) is 0. The van der Waals surface area contributed by atoms with Gasteiger partial charge in [-0.3, -0.25) is 4.31 Å². The van der Waals surface area contributed by atoms with Crippen molar-refractivity contribution in [2.45, 2.75) is 18.4 Å². The highest BCUT2D eigenvalue weighted by atomic mass is 32.1. The van der Waals surface area contributed by atoms with Gasteiger partial charge in [-0.1, -0.05) is 12.8 Å². The zero-order chi connectivity index (χ0) is 7.61. The second kappa shape index (κ2) is 2.79. The van der Waals surface area contributed by atoms with Gasteiger partial charge in [0.2, 0.25) is 0 Å². The number of hydrogen-bond donors (Lipinski definition) is 2. The quantitative estimate of drug-likeness (QED) is 0.492. The van der Waals surface area contributed by atoms with E-state index in [0.29, 0.717) is 0 Å². The van der Waals surface area contributed by atoms with Crippen molar-refractivity contribution < 1.29 is 0 Å². The first kappa shape index (κ1) is 7.86. The summed E-state index contributed by atoms with van der Waals surface area (Å²) in [4.78, 5) is 0. The van der Waals surface area contributed by atoms with E-state index in [1.54, 1.807) is 0 Å². The maximum absolute atomic E-state index is 8.62. The molecule has 1 fully saturated rings. The minimum Gasteiger partial charge on any atom is -0.313 e. The smallest absolute Gasteiger partial charge is 0.106 e. The molecule has 10 heavy (non-hydrogen) atoms. The van der Waals surface area contributed by atoms with E-state index in [4.69, 9.17) is 11.0 Å². The highest BCUT2D eigenvalue weighted by Gasteiger charge is 2.29. The Bertz CT molecular complexity index is 155. The van der Waals surface area contributed by atoms with Crippen LogP contribution in [0.15, 0.2) is 0 Å². The van der Waals surface area contributed by atoms with Crippen molar-refractivity contribution in [3.05, 3.63) is 0 Å². The van der Waals surface area contributed by atoms with Gasteiger partial charge in [-0.25, -0.2) is 0 Å². The Hall–Kier alpha value is -0.240. The van der Waals surface area contributed by atoms with Gasteiger partial charge in [0.05, 0.1) is 6.07 Å². The molecule has 4 heteroatoms. The Kier molecular flexibility index (Phi) is 2.19. The van der Waals surface area contributed by atoms with Gasteiger partial charge in [0.15, 0.2) is 0 Å². The van der Waals surface area contributed by atoms with Crippen molar-refractivity contribution in [3.63, 3.8) is 0 Å². The molecule has 0 saturated carbocycles. The molecular formula is C6H11N3S. The lowest BCUT2D eigenvalue weighted by atomic mass is 9.91. The van der Waals surface area contributed by atoms with Crippen LogP contribution in [0.4, 0.5) is 0 Å². The molecule has 1 heterocycles. The average Bonchev–Trinajstić information content (AvgIpc) is 1.96. The number of nitrogens with two attached hydrogens (primary N) is 1. The van der Waals surface area contributed by atoms with Crippen LogP contribution < -0.4 is 5.73 Å². The summed E-state index contributed by atoms with van der Waals surface area (Å²) in [7, 11) is 0. The number of hydrogen-bond acceptors (Lipinski definition) is 4. The van der Waals surface area contributed by atoms with Crippen LogP contribution in [0.2, 0.25) is 0 Å². The van der Waals surface area contributed by atoms with E-state index in [1.165, 1.54) is 0 Å². The van der Waals surface area contributed by atoms with Crippen molar-refractivity contribution in [1.82, 2.24) is 4.31 Å². The highest BCUT2D eigenvalue weighted by Crippen LogP contribution is 2.19. The van der Waals surface area contributed by atoms with Crippen molar-refractivity contribution in [2.24, 2.45) is 5.73 Å². The van der Waals surface area contributed by atoms with Crippen molar-refractivity contribution in [1.29, 1.82) is 5.26 Å². The normalized spacial score (nSPS) is 25.7. The summed E-state index contributed by atoms with van der Waals surface area (Å²) in [5, 5.41) is 8.62. The zero-order valence-corrected chi connectivity index (χ0v) is 6.64. The molecule has 0 bridgehead atoms. The molecule has 1 rings (SSSR count). The largest absolute Gasteiger partial charge is 0.313 e. The van der Waals surface area contributed by atoms with Crippen LogP contribution in [0, 0.1) is 11.3 Å². The standard InChI is InChI=1S/C6H11N3S/c7-5-6(8)1-3-9(10)4-2-6/h10H,1-4,8H2. The van der Waals surface area contributed by atoms with E-state index in [0.717, 1.165) is 25.9 Å². The van der Waals surface area contributed by atoms with Crippen molar-refractivity contribution in [3.8, 4) is 6.07 Å². The number of piperidine rings is 1. The summed E-state index contributed by atoms with van der Waals surface area (Å²) in [5.41, 5.74) is 5.11. The van der Waals surface area contributed by atoms with E-state index in [1.807, 2.05) is 4.31 Å². The topological polar surface area (TPSA) is 53.1 Å². The summed E-state index contributed by atoms with van der Waals surface area (Å²) in [6.07, 6.45) is 1.46. The third-order valence-electron chi connectivity index (χ3n) is 1.85. The summed E-state index contributed by atoms with van der Waals surface area (Å²) >= 11 is 4.15. The third kappa shape index (κ3) is 1.63. The minimum absolute atomic E-state index is 0.584. The lowest BCUT2D eigenvalue weighted by Crippen LogP contribution is -2.46. The molecule has 0 aromatic heterocycles. The van der Waals surface area contributed by atoms with Gasteiger partial charge in [0.25, 0.3) is 0 Å². The molecule has 1 aliphatic rings. The molecule has 0 amide bonds. The molecule has 3 nitrogen and oxygen atoms in total. The second-order valence-corrected chi connectivity index (χ2v) is 3.29. The number of thiol groups is 1. The number of nitrogens with zero attached hydrogens (tertiary/aromatic N) is 2. The monoisotopic (exact) mass is 157 g/mol. The fourth-order valence-corrected chi connectivity index (χ4v) is 1.21. The minimum atomic E-state index is -0.584. The van der Waals surface area contributed by atoms with Crippen LogP contribution in [0.25, 0.3) is 0 Å². The Labute approximate surface area is 66.3 Å². The maximum atomic E-state index is 8.62. The molecule has 2 N–H and O–H groups in total. The molecule has 1 aliphatic heterocycles. The van der Waals surface area contributed by atoms with Crippen LogP contribution in [-0.2, 0) is 0 Å². The Morgan fingerprint density at radius 1 is 1.50 bits per heavy atom. The fraction of sp³-hybridized carbons (Fsp3) is 0.833. The van der Waals surface area contributed by atoms with E-state index < -0.39 is 5.54 Å². The maximum Gasteiger partial charge on any atom is 0.106 e. The molecule has 0 radical (unpaired) electrons. The molecule has 0 spiro atoms. The van der Waals surface area contributed by atoms with Crippen LogP contribution in [0.3, 0.4) is 0 Å². The van der Waals surface area contributed by atoms with Gasteiger partial charge in [-0.2, -0.15) is 5.26 Å². The predicted octanol–water partition coefficient (Wildman–Crippen LogP) is 0.148. The highest BCUT2D eigenvalue weighted by molar-refractivity contribution is 7.77. The van der Waals surface area contributed by atoms with E-state index in [9.17, 15) is 0 Å². The van der Waals surface area contributed by atoms with Crippen molar-refractivity contribution >= 4 is 12.8 Å². The third-order valence-corrected chi connectivity index (χ3v) is 2.25. The predicted molar refractivity (Wildman–Crippen MR) is 42.3 cm³/mol. The lowest BCUT2D eigenvalue weighted by molar-refractivity contribution is 0.300. The van der Waals surface area contributed by atoms with Gasteiger partial charge in [0, 0.05) is 13.1 Å². The second-order valence-electron chi connectivity index (χ2n) is 2.72.